The molecule has 0 aliphatic carbocycles. The fourth-order valence-electron chi connectivity index (χ4n) is 1.43. The molecule has 0 fully saturated rings. The zero-order valence-electron chi connectivity index (χ0n) is 11.1. The molecule has 98 valence electrons. The van der Waals surface area contributed by atoms with Crippen LogP contribution in [-0.2, 0) is 0 Å². The molecule has 3 nitrogen and oxygen atoms in total. The van der Waals surface area contributed by atoms with E-state index >= 15 is 0 Å². The van der Waals surface area contributed by atoms with Gasteiger partial charge in [0.1, 0.15) is 0 Å². The third kappa shape index (κ3) is 6.35. The van der Waals surface area contributed by atoms with Gasteiger partial charge in [-0.3, -0.25) is 5.43 Å². The largest absolute Gasteiger partial charge is 0.361 e. The van der Waals surface area contributed by atoms with Gasteiger partial charge in [0.2, 0.25) is 0 Å². The summed E-state index contributed by atoms with van der Waals surface area (Å²) in [7, 11) is 0. The van der Waals surface area contributed by atoms with Gasteiger partial charge in [0.05, 0.1) is 6.21 Å². The van der Waals surface area contributed by atoms with Crippen LogP contribution in [0.1, 0.15) is 37.3 Å². The molecule has 0 bridgehead atoms. The lowest BCUT2D eigenvalue weighted by molar-refractivity contribution is 0.691. The maximum absolute atomic E-state index is 5.10. The summed E-state index contributed by atoms with van der Waals surface area (Å²) in [6.45, 7) is 5.15. The fraction of sp³-hybridized carbons (Fsp3) is 0.429. The average Bonchev–Trinajstić information content (AvgIpc) is 2.37. The number of hydrazone groups is 1. The summed E-state index contributed by atoms with van der Waals surface area (Å²) >= 11 is 5.10. The summed E-state index contributed by atoms with van der Waals surface area (Å²) in [5, 5.41) is 7.79. The highest BCUT2D eigenvalue weighted by molar-refractivity contribution is 7.80. The molecule has 0 radical (unpaired) electrons. The van der Waals surface area contributed by atoms with Crippen LogP contribution in [0.2, 0.25) is 0 Å². The second-order valence-corrected chi connectivity index (χ2v) is 4.65. The molecule has 0 spiro atoms. The number of rotatable bonds is 6. The van der Waals surface area contributed by atoms with Crippen LogP contribution in [0.15, 0.2) is 29.4 Å². The lowest BCUT2D eigenvalue weighted by Crippen LogP contribution is -2.32. The Hall–Kier alpha value is -1.42. The van der Waals surface area contributed by atoms with E-state index in [0.717, 1.165) is 18.5 Å². The van der Waals surface area contributed by atoms with Crippen LogP contribution in [0.25, 0.3) is 0 Å². The quantitative estimate of drug-likeness (QED) is 0.358. The van der Waals surface area contributed by atoms with E-state index in [0.29, 0.717) is 5.11 Å². The summed E-state index contributed by atoms with van der Waals surface area (Å²) in [5.74, 6) is 0. The molecule has 0 atom stereocenters. The average molecular weight is 263 g/mol. The summed E-state index contributed by atoms with van der Waals surface area (Å²) < 4.78 is 0. The molecular formula is C14H21N3S. The number of nitrogens with zero attached hydrogens (tertiary/aromatic N) is 1. The molecule has 1 aromatic carbocycles. The number of benzene rings is 1. The summed E-state index contributed by atoms with van der Waals surface area (Å²) in [5.41, 5.74) is 5.11. The second kappa shape index (κ2) is 8.64. The fourth-order valence-corrected chi connectivity index (χ4v) is 1.59. The van der Waals surface area contributed by atoms with E-state index in [2.05, 4.69) is 41.8 Å². The van der Waals surface area contributed by atoms with Crippen molar-refractivity contribution >= 4 is 23.5 Å². The monoisotopic (exact) mass is 263 g/mol. The number of unbranched alkanes of at least 4 members (excludes halogenated alkanes) is 2. The van der Waals surface area contributed by atoms with Gasteiger partial charge < -0.3 is 5.32 Å². The minimum absolute atomic E-state index is 0.578. The van der Waals surface area contributed by atoms with Gasteiger partial charge in [-0.25, -0.2) is 0 Å². The van der Waals surface area contributed by atoms with Crippen LogP contribution < -0.4 is 10.7 Å². The van der Waals surface area contributed by atoms with Crippen molar-refractivity contribution < 1.29 is 0 Å². The number of hydrogen-bond donors (Lipinski definition) is 2. The highest BCUT2D eigenvalue weighted by Gasteiger charge is 1.92. The molecule has 0 saturated heterocycles. The number of thiocarbonyl (C=S) groups is 1. The molecule has 0 aromatic heterocycles. The number of nitrogens with one attached hydrogen (secondary N) is 2. The van der Waals surface area contributed by atoms with Crippen molar-refractivity contribution in [3.63, 3.8) is 0 Å². The Morgan fingerprint density at radius 1 is 1.28 bits per heavy atom. The Bertz CT molecular complexity index is 385. The van der Waals surface area contributed by atoms with Crippen LogP contribution in [-0.4, -0.2) is 17.9 Å². The molecule has 18 heavy (non-hydrogen) atoms. The third-order valence-electron chi connectivity index (χ3n) is 2.52. The second-order valence-electron chi connectivity index (χ2n) is 4.24. The predicted octanol–water partition coefficient (Wildman–Crippen LogP) is 2.98. The van der Waals surface area contributed by atoms with Gasteiger partial charge in [-0.15, -0.1) is 0 Å². The summed E-state index contributed by atoms with van der Waals surface area (Å²) in [4.78, 5) is 0. The normalized spacial score (nSPS) is 10.6. The van der Waals surface area contributed by atoms with E-state index in [-0.39, 0.29) is 0 Å². The van der Waals surface area contributed by atoms with Crippen molar-refractivity contribution in [2.75, 3.05) is 6.54 Å². The van der Waals surface area contributed by atoms with E-state index in [9.17, 15) is 0 Å². The SMILES string of the molecule is CCCCCNC(=S)N/N=C\c1ccc(C)cc1. The molecule has 0 aliphatic heterocycles. The van der Waals surface area contributed by atoms with Gasteiger partial charge in [-0.1, -0.05) is 49.6 Å². The van der Waals surface area contributed by atoms with Gasteiger partial charge in [0.25, 0.3) is 0 Å². The molecule has 0 saturated carbocycles. The Morgan fingerprint density at radius 3 is 2.67 bits per heavy atom. The van der Waals surface area contributed by atoms with E-state index < -0.39 is 0 Å². The zero-order chi connectivity index (χ0) is 13.2. The van der Waals surface area contributed by atoms with Crippen LogP contribution in [0.4, 0.5) is 0 Å². The maximum Gasteiger partial charge on any atom is 0.186 e. The first-order chi connectivity index (χ1) is 8.72. The summed E-state index contributed by atoms with van der Waals surface area (Å²) in [6, 6.07) is 8.17. The maximum atomic E-state index is 5.10. The lowest BCUT2D eigenvalue weighted by Gasteiger charge is -2.05. The van der Waals surface area contributed by atoms with Crippen molar-refractivity contribution in [1.82, 2.24) is 10.7 Å². The van der Waals surface area contributed by atoms with Gasteiger partial charge in [0, 0.05) is 6.54 Å². The van der Waals surface area contributed by atoms with Gasteiger partial charge in [0.15, 0.2) is 5.11 Å². The van der Waals surface area contributed by atoms with E-state index in [1.165, 1.54) is 18.4 Å². The van der Waals surface area contributed by atoms with Crippen LogP contribution in [0, 0.1) is 6.92 Å². The van der Waals surface area contributed by atoms with E-state index in [4.69, 9.17) is 12.2 Å². The third-order valence-corrected chi connectivity index (χ3v) is 2.76. The van der Waals surface area contributed by atoms with E-state index in [1.54, 1.807) is 6.21 Å². The van der Waals surface area contributed by atoms with Crippen LogP contribution in [0.3, 0.4) is 0 Å². The van der Waals surface area contributed by atoms with Crippen molar-refractivity contribution in [2.24, 2.45) is 5.10 Å². The van der Waals surface area contributed by atoms with Crippen molar-refractivity contribution in [2.45, 2.75) is 33.1 Å². The molecule has 2 N–H and O–H groups in total. The van der Waals surface area contributed by atoms with Gasteiger partial charge in [-0.2, -0.15) is 5.10 Å². The van der Waals surface area contributed by atoms with Crippen molar-refractivity contribution in [3.05, 3.63) is 35.4 Å². The lowest BCUT2D eigenvalue weighted by atomic mass is 10.2. The summed E-state index contributed by atoms with van der Waals surface area (Å²) in [6.07, 6.45) is 5.34. The minimum Gasteiger partial charge on any atom is -0.361 e. The van der Waals surface area contributed by atoms with Crippen LogP contribution >= 0.6 is 12.2 Å². The Morgan fingerprint density at radius 2 is 2.00 bits per heavy atom. The molecule has 0 unspecified atom stereocenters. The highest BCUT2D eigenvalue weighted by atomic mass is 32.1. The van der Waals surface area contributed by atoms with Crippen molar-refractivity contribution in [3.8, 4) is 0 Å². The minimum atomic E-state index is 0.578. The molecule has 0 aliphatic rings. The smallest absolute Gasteiger partial charge is 0.186 e. The first-order valence-corrected chi connectivity index (χ1v) is 6.76. The number of aryl methyl sites for hydroxylation is 1. The van der Waals surface area contributed by atoms with Crippen molar-refractivity contribution in [1.29, 1.82) is 0 Å². The van der Waals surface area contributed by atoms with E-state index in [1.807, 2.05) is 12.1 Å². The molecule has 0 amide bonds. The molecule has 1 rings (SSSR count). The van der Waals surface area contributed by atoms with Gasteiger partial charge in [-0.05, 0) is 31.1 Å². The van der Waals surface area contributed by atoms with Gasteiger partial charge >= 0.3 is 0 Å². The molecular weight excluding hydrogens is 242 g/mol. The highest BCUT2D eigenvalue weighted by Crippen LogP contribution is 1.99. The first-order valence-electron chi connectivity index (χ1n) is 6.36. The topological polar surface area (TPSA) is 36.4 Å². The molecule has 1 aromatic rings. The molecule has 4 heteroatoms. The number of hydrogen-bond acceptors (Lipinski definition) is 2. The predicted molar refractivity (Wildman–Crippen MR) is 82.0 cm³/mol. The Kier molecular flexibility index (Phi) is 7.03. The standard InChI is InChI=1S/C14H21N3S/c1-3-4-5-10-15-14(18)17-16-11-13-8-6-12(2)7-9-13/h6-9,11H,3-5,10H2,1-2H3,(H2,15,17,18)/b16-11-. The van der Waals surface area contributed by atoms with Crippen LogP contribution in [0.5, 0.6) is 0 Å². The zero-order valence-corrected chi connectivity index (χ0v) is 11.9. The first kappa shape index (κ1) is 14.6. The molecule has 0 heterocycles. The Balaban J connectivity index is 2.23. The Labute approximate surface area is 115 Å².